The van der Waals surface area contributed by atoms with Gasteiger partial charge in [0, 0.05) is 11.3 Å². The van der Waals surface area contributed by atoms with Crippen molar-refractivity contribution < 1.29 is 24.2 Å². The Morgan fingerprint density at radius 3 is 2.24 bits per heavy atom. The average Bonchev–Trinajstić information content (AvgIpc) is 3.18. The molecule has 4 rings (SSSR count). The number of hydrogen-bond donors (Lipinski definition) is 1. The fourth-order valence-electron chi connectivity index (χ4n) is 4.46. The van der Waals surface area contributed by atoms with Gasteiger partial charge in [-0.3, -0.25) is 14.5 Å². The molecule has 1 heterocycles. The van der Waals surface area contributed by atoms with E-state index in [1.165, 1.54) is 4.90 Å². The lowest BCUT2D eigenvalue weighted by Gasteiger charge is -2.26. The molecule has 1 aliphatic heterocycles. The fraction of sp³-hybridized carbons (Fsp3) is 0.290. The van der Waals surface area contributed by atoms with Gasteiger partial charge in [-0.15, -0.1) is 0 Å². The van der Waals surface area contributed by atoms with Crippen molar-refractivity contribution in [3.63, 3.8) is 0 Å². The maximum absolute atomic E-state index is 13.4. The van der Waals surface area contributed by atoms with Crippen LogP contribution in [0.2, 0.25) is 0 Å². The summed E-state index contributed by atoms with van der Waals surface area (Å²) in [5.41, 5.74) is 2.88. The molecule has 3 aromatic rings. The summed E-state index contributed by atoms with van der Waals surface area (Å²) in [4.78, 5) is 28.3. The third-order valence-corrected chi connectivity index (χ3v) is 6.37. The molecule has 1 N–H and O–H groups in total. The molecule has 0 spiro atoms. The van der Waals surface area contributed by atoms with Crippen molar-refractivity contribution >= 4 is 23.1 Å². The van der Waals surface area contributed by atoms with Gasteiger partial charge in [-0.05, 0) is 66.8 Å². The number of benzene rings is 3. The Kier molecular flexibility index (Phi) is 7.97. The van der Waals surface area contributed by atoms with Crippen LogP contribution in [0.3, 0.4) is 0 Å². The zero-order chi connectivity index (χ0) is 26.5. The van der Waals surface area contributed by atoms with Crippen molar-refractivity contribution in [2.75, 3.05) is 18.1 Å². The highest BCUT2D eigenvalue weighted by molar-refractivity contribution is 6.51. The highest BCUT2D eigenvalue weighted by Crippen LogP contribution is 2.43. The van der Waals surface area contributed by atoms with Gasteiger partial charge in [-0.1, -0.05) is 57.2 Å². The molecule has 1 fully saturated rings. The van der Waals surface area contributed by atoms with Crippen LogP contribution in [0.1, 0.15) is 62.8 Å². The monoisotopic (exact) mass is 499 g/mol. The normalized spacial score (nSPS) is 16.9. The van der Waals surface area contributed by atoms with Crippen LogP contribution in [0, 0.1) is 0 Å². The Morgan fingerprint density at radius 2 is 1.62 bits per heavy atom. The number of carbonyl (C=O) groups is 2. The van der Waals surface area contributed by atoms with Gasteiger partial charge in [0.15, 0.2) is 0 Å². The molecule has 0 bridgehead atoms. The summed E-state index contributed by atoms with van der Waals surface area (Å²) in [6.45, 7) is 9.18. The first kappa shape index (κ1) is 26.0. The van der Waals surface area contributed by atoms with E-state index in [2.05, 4.69) is 13.8 Å². The molecule has 37 heavy (non-hydrogen) atoms. The summed E-state index contributed by atoms with van der Waals surface area (Å²) >= 11 is 0. The van der Waals surface area contributed by atoms with Gasteiger partial charge in [0.05, 0.1) is 24.8 Å². The van der Waals surface area contributed by atoms with E-state index in [0.717, 1.165) is 17.5 Å². The van der Waals surface area contributed by atoms with E-state index < -0.39 is 17.7 Å². The summed E-state index contributed by atoms with van der Waals surface area (Å²) in [5.74, 6) is -0.0654. The Hall–Kier alpha value is -4.06. The van der Waals surface area contributed by atoms with E-state index in [1.807, 2.05) is 38.1 Å². The van der Waals surface area contributed by atoms with Gasteiger partial charge in [0.25, 0.3) is 11.7 Å². The maximum Gasteiger partial charge on any atom is 0.300 e. The summed E-state index contributed by atoms with van der Waals surface area (Å²) in [6, 6.07) is 21.0. The molecular formula is C31H33NO5. The number of aliphatic hydroxyl groups excluding tert-OH is 1. The molecule has 0 saturated carbocycles. The first-order valence-electron chi connectivity index (χ1n) is 12.7. The van der Waals surface area contributed by atoms with Crippen LogP contribution in [0.25, 0.3) is 5.76 Å². The number of ether oxygens (including phenoxy) is 2. The zero-order valence-electron chi connectivity index (χ0n) is 21.7. The molecule has 1 amide bonds. The molecule has 6 heteroatoms. The highest BCUT2D eigenvalue weighted by Gasteiger charge is 2.47. The number of rotatable bonds is 9. The van der Waals surface area contributed by atoms with Crippen molar-refractivity contribution in [1.82, 2.24) is 0 Å². The molecule has 1 aliphatic rings. The third-order valence-electron chi connectivity index (χ3n) is 6.37. The minimum atomic E-state index is -0.792. The second-order valence-electron chi connectivity index (χ2n) is 9.29. The van der Waals surface area contributed by atoms with Crippen LogP contribution in [-0.4, -0.2) is 30.0 Å². The van der Waals surface area contributed by atoms with Gasteiger partial charge >= 0.3 is 0 Å². The number of amides is 1. The first-order chi connectivity index (χ1) is 17.8. The summed E-state index contributed by atoms with van der Waals surface area (Å²) in [6.07, 6.45) is 0.843. The van der Waals surface area contributed by atoms with Crippen LogP contribution in [0.4, 0.5) is 5.69 Å². The van der Waals surface area contributed by atoms with Crippen molar-refractivity contribution in [3.8, 4) is 11.5 Å². The van der Waals surface area contributed by atoms with E-state index in [9.17, 15) is 14.7 Å². The largest absolute Gasteiger partial charge is 0.507 e. The molecule has 3 aromatic carbocycles. The molecule has 0 aromatic heterocycles. The lowest BCUT2D eigenvalue weighted by molar-refractivity contribution is -0.132. The summed E-state index contributed by atoms with van der Waals surface area (Å²) in [5, 5.41) is 11.4. The number of ketones is 1. The van der Waals surface area contributed by atoms with Crippen LogP contribution >= 0.6 is 0 Å². The predicted molar refractivity (Wildman–Crippen MR) is 145 cm³/mol. The lowest BCUT2D eigenvalue weighted by Crippen LogP contribution is -2.29. The maximum atomic E-state index is 13.4. The van der Waals surface area contributed by atoms with E-state index in [4.69, 9.17) is 9.47 Å². The molecule has 6 nitrogen and oxygen atoms in total. The number of carbonyl (C=O) groups excluding carboxylic acids is 2. The van der Waals surface area contributed by atoms with Gasteiger partial charge in [-0.2, -0.15) is 0 Å². The van der Waals surface area contributed by atoms with Gasteiger partial charge in [0.2, 0.25) is 0 Å². The SMILES string of the molecule is CCCOc1cccc(/C(O)=C2/C(=O)C(=O)N(c3ccc(OCC)cc3)C2c2ccc(C(C)C)cc2)c1. The van der Waals surface area contributed by atoms with E-state index in [-0.39, 0.29) is 11.3 Å². The van der Waals surface area contributed by atoms with Crippen LogP contribution < -0.4 is 14.4 Å². The fourth-order valence-corrected chi connectivity index (χ4v) is 4.46. The summed E-state index contributed by atoms with van der Waals surface area (Å²) in [7, 11) is 0. The topological polar surface area (TPSA) is 76.1 Å². The minimum absolute atomic E-state index is 0.0452. The predicted octanol–water partition coefficient (Wildman–Crippen LogP) is 6.62. The van der Waals surface area contributed by atoms with Gasteiger partial charge in [-0.25, -0.2) is 0 Å². The van der Waals surface area contributed by atoms with Crippen molar-refractivity contribution in [3.05, 3.63) is 95.1 Å². The highest BCUT2D eigenvalue weighted by atomic mass is 16.5. The molecular weight excluding hydrogens is 466 g/mol. The second-order valence-corrected chi connectivity index (χ2v) is 9.29. The first-order valence-corrected chi connectivity index (χ1v) is 12.7. The Balaban J connectivity index is 1.85. The Morgan fingerprint density at radius 1 is 0.919 bits per heavy atom. The molecule has 1 unspecified atom stereocenters. The third kappa shape index (κ3) is 5.38. The number of nitrogens with zero attached hydrogens (tertiary/aromatic N) is 1. The molecule has 1 atom stereocenters. The van der Waals surface area contributed by atoms with Crippen LogP contribution in [0.5, 0.6) is 11.5 Å². The number of Topliss-reactive ketones (excluding diaryl/α,β-unsaturated/α-hetero) is 1. The molecule has 1 saturated heterocycles. The number of aliphatic hydroxyl groups is 1. The van der Waals surface area contributed by atoms with Gasteiger partial charge in [0.1, 0.15) is 17.3 Å². The standard InChI is InChI=1S/C31H33NO5/c1-5-18-37-26-9-7-8-23(19-26)29(33)27-28(22-12-10-21(11-13-22)20(3)4)32(31(35)30(27)34)24-14-16-25(17-15-24)36-6-2/h7-17,19-20,28,33H,5-6,18H2,1-4H3/b29-27-. The van der Waals surface area contributed by atoms with Crippen LogP contribution in [0.15, 0.2) is 78.4 Å². The van der Waals surface area contributed by atoms with Crippen molar-refractivity contribution in [1.29, 1.82) is 0 Å². The zero-order valence-corrected chi connectivity index (χ0v) is 21.7. The van der Waals surface area contributed by atoms with Crippen molar-refractivity contribution in [2.24, 2.45) is 0 Å². The second kappa shape index (κ2) is 11.3. The minimum Gasteiger partial charge on any atom is -0.507 e. The number of hydrogen-bond acceptors (Lipinski definition) is 5. The molecule has 0 radical (unpaired) electrons. The molecule has 0 aliphatic carbocycles. The van der Waals surface area contributed by atoms with E-state index >= 15 is 0 Å². The Bertz CT molecular complexity index is 1290. The quantitative estimate of drug-likeness (QED) is 0.203. The number of anilines is 1. The Labute approximate surface area is 218 Å². The molecule has 192 valence electrons. The lowest BCUT2D eigenvalue weighted by atomic mass is 9.93. The smallest absolute Gasteiger partial charge is 0.300 e. The van der Waals surface area contributed by atoms with E-state index in [1.54, 1.807) is 48.5 Å². The summed E-state index contributed by atoms with van der Waals surface area (Å²) < 4.78 is 11.3. The van der Waals surface area contributed by atoms with Crippen molar-refractivity contribution in [2.45, 2.75) is 46.1 Å². The van der Waals surface area contributed by atoms with E-state index in [0.29, 0.717) is 41.9 Å². The van der Waals surface area contributed by atoms with Gasteiger partial charge < -0.3 is 14.6 Å². The average molecular weight is 500 g/mol. The van der Waals surface area contributed by atoms with Crippen LogP contribution in [-0.2, 0) is 9.59 Å².